The van der Waals surface area contributed by atoms with Gasteiger partial charge >= 0.3 is 11.8 Å². The number of nitrogens with one attached hydrogen (secondary N) is 2. The summed E-state index contributed by atoms with van der Waals surface area (Å²) >= 11 is 0. The number of halogens is 1. The topological polar surface area (TPSA) is 58.2 Å². The molecular weight excluding hydrogens is 295 g/mol. The van der Waals surface area contributed by atoms with Crippen molar-refractivity contribution in [2.45, 2.75) is 26.2 Å². The largest absolute Gasteiger partial charge is 0.318 e. The van der Waals surface area contributed by atoms with Crippen molar-refractivity contribution in [3.8, 4) is 0 Å². The molecule has 0 spiro atoms. The van der Waals surface area contributed by atoms with Crippen LogP contribution in [0.15, 0.2) is 48.5 Å². The molecule has 0 aliphatic carbocycles. The SMILES string of the molecule is CCC(C)c1ccccc1NC(=O)C(=O)Nc1ccccc1F. The standard InChI is InChI=1S/C18H19FN2O2/c1-3-12(2)13-8-4-6-10-15(13)20-17(22)18(23)21-16-11-7-5-9-14(16)19/h4-12H,3H2,1-2H3,(H,20,22)(H,21,23). The van der Waals surface area contributed by atoms with Crippen molar-refractivity contribution in [1.29, 1.82) is 0 Å². The Labute approximate surface area is 134 Å². The Morgan fingerprint density at radius 2 is 1.48 bits per heavy atom. The Morgan fingerprint density at radius 1 is 0.957 bits per heavy atom. The molecule has 0 aromatic heterocycles. The number of anilines is 2. The minimum atomic E-state index is -0.908. The van der Waals surface area contributed by atoms with Crippen molar-refractivity contribution in [2.75, 3.05) is 10.6 Å². The maximum Gasteiger partial charge on any atom is 0.314 e. The zero-order valence-electron chi connectivity index (χ0n) is 13.1. The van der Waals surface area contributed by atoms with E-state index in [1.807, 2.05) is 26.0 Å². The molecule has 0 saturated heterocycles. The van der Waals surface area contributed by atoms with E-state index in [2.05, 4.69) is 10.6 Å². The molecule has 2 aromatic rings. The number of carbonyl (C=O) groups excluding carboxylic acids is 2. The first-order valence-corrected chi connectivity index (χ1v) is 7.48. The van der Waals surface area contributed by atoms with E-state index in [1.54, 1.807) is 18.2 Å². The molecule has 0 radical (unpaired) electrons. The van der Waals surface area contributed by atoms with E-state index in [4.69, 9.17) is 0 Å². The van der Waals surface area contributed by atoms with Crippen LogP contribution in [0.4, 0.5) is 15.8 Å². The minimum absolute atomic E-state index is 0.0251. The molecule has 120 valence electrons. The fourth-order valence-electron chi connectivity index (χ4n) is 2.18. The van der Waals surface area contributed by atoms with Gasteiger partial charge in [0.05, 0.1) is 5.69 Å². The molecule has 0 saturated carbocycles. The molecule has 4 nitrogen and oxygen atoms in total. The van der Waals surface area contributed by atoms with Gasteiger partial charge in [0.1, 0.15) is 5.82 Å². The first kappa shape index (κ1) is 16.7. The number of amides is 2. The fourth-order valence-corrected chi connectivity index (χ4v) is 2.18. The molecule has 2 rings (SSSR count). The summed E-state index contributed by atoms with van der Waals surface area (Å²) in [6.45, 7) is 4.10. The third-order valence-corrected chi connectivity index (χ3v) is 3.68. The number of hydrogen-bond acceptors (Lipinski definition) is 2. The molecule has 0 aliphatic heterocycles. The first-order chi connectivity index (χ1) is 11.0. The number of rotatable bonds is 4. The van der Waals surface area contributed by atoms with E-state index in [1.165, 1.54) is 18.2 Å². The molecule has 1 atom stereocenters. The van der Waals surface area contributed by atoms with Crippen molar-refractivity contribution < 1.29 is 14.0 Å². The predicted octanol–water partition coefficient (Wildman–Crippen LogP) is 3.92. The van der Waals surface area contributed by atoms with Crippen LogP contribution in [-0.4, -0.2) is 11.8 Å². The highest BCUT2D eigenvalue weighted by Gasteiger charge is 2.18. The van der Waals surface area contributed by atoms with Gasteiger partial charge in [0, 0.05) is 5.69 Å². The van der Waals surface area contributed by atoms with Crippen molar-refractivity contribution in [3.63, 3.8) is 0 Å². The van der Waals surface area contributed by atoms with E-state index < -0.39 is 17.6 Å². The van der Waals surface area contributed by atoms with E-state index in [9.17, 15) is 14.0 Å². The molecule has 2 N–H and O–H groups in total. The summed E-state index contributed by atoms with van der Waals surface area (Å²) in [5.74, 6) is -2.08. The van der Waals surface area contributed by atoms with Gasteiger partial charge in [0.25, 0.3) is 0 Å². The molecule has 0 aliphatic rings. The third kappa shape index (κ3) is 4.16. The van der Waals surface area contributed by atoms with Gasteiger partial charge in [-0.3, -0.25) is 9.59 Å². The predicted molar refractivity (Wildman–Crippen MR) is 88.8 cm³/mol. The van der Waals surface area contributed by atoms with Crippen LogP contribution in [0.5, 0.6) is 0 Å². The Kier molecular flexibility index (Phi) is 5.46. The number of benzene rings is 2. The summed E-state index contributed by atoms with van der Waals surface area (Å²) in [7, 11) is 0. The van der Waals surface area contributed by atoms with Crippen molar-refractivity contribution in [3.05, 3.63) is 59.9 Å². The second kappa shape index (κ2) is 7.54. The molecule has 0 bridgehead atoms. The fraction of sp³-hybridized carbons (Fsp3) is 0.222. The first-order valence-electron chi connectivity index (χ1n) is 7.48. The quantitative estimate of drug-likeness (QED) is 0.840. The van der Waals surface area contributed by atoms with Crippen molar-refractivity contribution >= 4 is 23.2 Å². The van der Waals surface area contributed by atoms with Gasteiger partial charge in [-0.2, -0.15) is 0 Å². The molecule has 2 aromatic carbocycles. The molecule has 0 heterocycles. The molecule has 1 unspecified atom stereocenters. The van der Waals surface area contributed by atoms with E-state index >= 15 is 0 Å². The van der Waals surface area contributed by atoms with Crippen LogP contribution in [-0.2, 0) is 9.59 Å². The summed E-state index contributed by atoms with van der Waals surface area (Å²) in [6, 6.07) is 13.0. The molecule has 5 heteroatoms. The minimum Gasteiger partial charge on any atom is -0.318 e. The maximum atomic E-state index is 13.5. The van der Waals surface area contributed by atoms with Gasteiger partial charge in [0.15, 0.2) is 0 Å². The molecule has 2 amide bonds. The van der Waals surface area contributed by atoms with Crippen LogP contribution < -0.4 is 10.6 Å². The van der Waals surface area contributed by atoms with E-state index in [0.717, 1.165) is 12.0 Å². The van der Waals surface area contributed by atoms with E-state index in [-0.39, 0.29) is 11.6 Å². The van der Waals surface area contributed by atoms with Gasteiger partial charge in [0.2, 0.25) is 0 Å². The van der Waals surface area contributed by atoms with E-state index in [0.29, 0.717) is 5.69 Å². The lowest BCUT2D eigenvalue weighted by Crippen LogP contribution is -2.29. The number of hydrogen-bond donors (Lipinski definition) is 2. The second-order valence-electron chi connectivity index (χ2n) is 5.28. The average molecular weight is 314 g/mol. The summed E-state index contributed by atoms with van der Waals surface area (Å²) in [5.41, 5.74) is 1.53. The lowest BCUT2D eigenvalue weighted by Gasteiger charge is -2.15. The smallest absolute Gasteiger partial charge is 0.314 e. The zero-order valence-corrected chi connectivity index (χ0v) is 13.1. The van der Waals surface area contributed by atoms with Crippen LogP contribution in [0.2, 0.25) is 0 Å². The van der Waals surface area contributed by atoms with Gasteiger partial charge in [-0.05, 0) is 36.1 Å². The highest BCUT2D eigenvalue weighted by atomic mass is 19.1. The summed E-state index contributed by atoms with van der Waals surface area (Å²) < 4.78 is 13.5. The lowest BCUT2D eigenvalue weighted by atomic mass is 9.97. The van der Waals surface area contributed by atoms with Crippen LogP contribution in [0.25, 0.3) is 0 Å². The lowest BCUT2D eigenvalue weighted by molar-refractivity contribution is -0.133. The summed E-state index contributed by atoms with van der Waals surface area (Å²) in [5, 5.41) is 4.86. The van der Waals surface area contributed by atoms with Gasteiger partial charge < -0.3 is 10.6 Å². The highest BCUT2D eigenvalue weighted by molar-refractivity contribution is 6.43. The van der Waals surface area contributed by atoms with Crippen LogP contribution >= 0.6 is 0 Å². The van der Waals surface area contributed by atoms with Crippen LogP contribution in [0.3, 0.4) is 0 Å². The maximum absolute atomic E-state index is 13.5. The third-order valence-electron chi connectivity index (χ3n) is 3.68. The second-order valence-corrected chi connectivity index (χ2v) is 5.28. The normalized spacial score (nSPS) is 11.6. The van der Waals surface area contributed by atoms with Crippen LogP contribution in [0, 0.1) is 5.82 Å². The monoisotopic (exact) mass is 314 g/mol. The number of para-hydroxylation sites is 2. The Balaban J connectivity index is 2.10. The van der Waals surface area contributed by atoms with Crippen molar-refractivity contribution in [2.24, 2.45) is 0 Å². The van der Waals surface area contributed by atoms with Gasteiger partial charge in [-0.15, -0.1) is 0 Å². The Bertz CT molecular complexity index is 716. The van der Waals surface area contributed by atoms with Crippen molar-refractivity contribution in [1.82, 2.24) is 0 Å². The highest BCUT2D eigenvalue weighted by Crippen LogP contribution is 2.26. The average Bonchev–Trinajstić information content (AvgIpc) is 2.56. The molecular formula is C18H19FN2O2. The van der Waals surface area contributed by atoms with Gasteiger partial charge in [-0.1, -0.05) is 44.2 Å². The summed E-state index contributed by atoms with van der Waals surface area (Å²) in [4.78, 5) is 24.0. The molecule has 0 fully saturated rings. The van der Waals surface area contributed by atoms with Crippen LogP contribution in [0.1, 0.15) is 31.7 Å². The Hall–Kier alpha value is -2.69. The summed E-state index contributed by atoms with van der Waals surface area (Å²) in [6.07, 6.45) is 0.911. The Morgan fingerprint density at radius 3 is 2.09 bits per heavy atom. The number of carbonyl (C=O) groups is 2. The zero-order chi connectivity index (χ0) is 16.8. The molecule has 23 heavy (non-hydrogen) atoms. The van der Waals surface area contributed by atoms with Gasteiger partial charge in [-0.25, -0.2) is 4.39 Å².